The molecule has 11 heteroatoms. The average Bonchev–Trinajstić information content (AvgIpc) is 3.28. The van der Waals surface area contributed by atoms with Crippen LogP contribution in [-0.4, -0.2) is 76.4 Å². The minimum absolute atomic E-state index is 0.111. The molecule has 1 heterocycles. The number of benzene rings is 1. The highest BCUT2D eigenvalue weighted by atomic mass is 16.4. The van der Waals surface area contributed by atoms with Crippen molar-refractivity contribution in [2.75, 3.05) is 6.54 Å². The van der Waals surface area contributed by atoms with Gasteiger partial charge in [-0.3, -0.25) is 19.2 Å². The van der Waals surface area contributed by atoms with Gasteiger partial charge in [-0.05, 0) is 39.2 Å². The molecular formula is C23H33N5O6. The van der Waals surface area contributed by atoms with Crippen LogP contribution in [0.2, 0.25) is 0 Å². The molecule has 1 aromatic carbocycles. The molecule has 34 heavy (non-hydrogen) atoms. The van der Waals surface area contributed by atoms with Crippen molar-refractivity contribution in [2.45, 2.75) is 70.2 Å². The normalized spacial score (nSPS) is 18.8. The molecular weight excluding hydrogens is 442 g/mol. The monoisotopic (exact) mass is 475 g/mol. The van der Waals surface area contributed by atoms with E-state index in [1.54, 1.807) is 24.3 Å². The van der Waals surface area contributed by atoms with Crippen molar-refractivity contribution in [3.8, 4) is 0 Å². The van der Waals surface area contributed by atoms with E-state index in [0.29, 0.717) is 19.4 Å². The summed E-state index contributed by atoms with van der Waals surface area (Å²) >= 11 is 0. The number of carboxylic acids is 1. The molecule has 4 amide bonds. The van der Waals surface area contributed by atoms with Crippen molar-refractivity contribution in [2.24, 2.45) is 5.73 Å². The fourth-order valence-corrected chi connectivity index (χ4v) is 3.68. The Balaban J connectivity index is 1.98. The molecule has 6 N–H and O–H groups in total. The van der Waals surface area contributed by atoms with Gasteiger partial charge in [-0.15, -0.1) is 0 Å². The van der Waals surface area contributed by atoms with Crippen LogP contribution in [0.5, 0.6) is 0 Å². The maximum absolute atomic E-state index is 13.0. The first-order chi connectivity index (χ1) is 16.0. The molecule has 186 valence electrons. The third kappa shape index (κ3) is 7.27. The lowest BCUT2D eigenvalue weighted by molar-refractivity contribution is -0.144. The number of carbonyl (C=O) groups is 5. The van der Waals surface area contributed by atoms with Crippen LogP contribution >= 0.6 is 0 Å². The van der Waals surface area contributed by atoms with Crippen molar-refractivity contribution in [3.05, 3.63) is 35.9 Å². The highest BCUT2D eigenvalue weighted by Crippen LogP contribution is 2.19. The van der Waals surface area contributed by atoms with Crippen LogP contribution in [0, 0.1) is 0 Å². The number of nitrogens with zero attached hydrogens (tertiary/aromatic N) is 1. The van der Waals surface area contributed by atoms with Gasteiger partial charge in [-0.1, -0.05) is 30.3 Å². The third-order valence-corrected chi connectivity index (χ3v) is 5.63. The predicted molar refractivity (Wildman–Crippen MR) is 123 cm³/mol. The van der Waals surface area contributed by atoms with E-state index >= 15 is 0 Å². The number of carboxylic acid groups (broad SMARTS) is 1. The summed E-state index contributed by atoms with van der Waals surface area (Å²) in [6.07, 6.45) is 1.07. The molecule has 0 aliphatic carbocycles. The Bertz CT molecular complexity index is 906. The first kappa shape index (κ1) is 26.8. The van der Waals surface area contributed by atoms with Crippen LogP contribution < -0.4 is 21.7 Å². The molecule has 2 rings (SSSR count). The number of hydrogen-bond donors (Lipinski definition) is 5. The summed E-state index contributed by atoms with van der Waals surface area (Å²) < 4.78 is 0. The van der Waals surface area contributed by atoms with E-state index in [0.717, 1.165) is 5.56 Å². The number of nitrogens with two attached hydrogens (primary N) is 1. The molecule has 0 aromatic heterocycles. The Hall–Kier alpha value is -3.47. The lowest BCUT2D eigenvalue weighted by Gasteiger charge is -2.28. The van der Waals surface area contributed by atoms with E-state index in [1.807, 2.05) is 6.07 Å². The number of likely N-dealkylation sites (tertiary alicyclic amines) is 1. The molecule has 0 radical (unpaired) electrons. The SMILES string of the molecule is CC(N)C(=O)NC(C)C(=O)NC(C)C(=O)N1CCCC1C(=O)NC(Cc1ccccc1)C(=O)O. The number of aliphatic carboxylic acids is 1. The second-order valence-electron chi connectivity index (χ2n) is 8.53. The molecule has 5 unspecified atom stereocenters. The van der Waals surface area contributed by atoms with Gasteiger partial charge in [0.1, 0.15) is 24.2 Å². The van der Waals surface area contributed by atoms with E-state index in [1.165, 1.54) is 25.7 Å². The van der Waals surface area contributed by atoms with E-state index in [9.17, 15) is 29.1 Å². The van der Waals surface area contributed by atoms with Crippen molar-refractivity contribution in [1.82, 2.24) is 20.9 Å². The highest BCUT2D eigenvalue weighted by Gasteiger charge is 2.38. The minimum Gasteiger partial charge on any atom is -0.480 e. The zero-order valence-electron chi connectivity index (χ0n) is 19.6. The zero-order valence-corrected chi connectivity index (χ0v) is 19.6. The fraction of sp³-hybridized carbons (Fsp3) is 0.522. The van der Waals surface area contributed by atoms with Gasteiger partial charge in [-0.2, -0.15) is 0 Å². The molecule has 1 aliphatic rings. The summed E-state index contributed by atoms with van der Waals surface area (Å²) in [6.45, 7) is 4.75. The van der Waals surface area contributed by atoms with Crippen LogP contribution in [-0.2, 0) is 30.4 Å². The summed E-state index contributed by atoms with van der Waals surface area (Å²) in [5.74, 6) is -3.25. The Morgan fingerprint density at radius 1 is 1.00 bits per heavy atom. The van der Waals surface area contributed by atoms with Gasteiger partial charge in [-0.25, -0.2) is 4.79 Å². The van der Waals surface area contributed by atoms with E-state index in [4.69, 9.17) is 5.73 Å². The molecule has 1 aromatic rings. The lowest BCUT2D eigenvalue weighted by Crippen LogP contribution is -2.57. The molecule has 5 atom stereocenters. The van der Waals surface area contributed by atoms with Gasteiger partial charge < -0.3 is 31.7 Å². The topological polar surface area (TPSA) is 171 Å². The maximum atomic E-state index is 13.0. The number of nitrogens with one attached hydrogen (secondary N) is 3. The number of rotatable bonds is 10. The van der Waals surface area contributed by atoms with Gasteiger partial charge in [0.2, 0.25) is 23.6 Å². The molecule has 1 aliphatic heterocycles. The Labute approximate surface area is 198 Å². The largest absolute Gasteiger partial charge is 0.480 e. The van der Waals surface area contributed by atoms with Crippen LogP contribution in [0.15, 0.2) is 30.3 Å². The number of carbonyl (C=O) groups excluding carboxylic acids is 4. The highest BCUT2D eigenvalue weighted by molar-refractivity contribution is 5.95. The summed E-state index contributed by atoms with van der Waals surface area (Å²) in [5, 5.41) is 17.1. The molecule has 1 saturated heterocycles. The summed E-state index contributed by atoms with van der Waals surface area (Å²) in [7, 11) is 0. The molecule has 0 bridgehead atoms. The van der Waals surface area contributed by atoms with Gasteiger partial charge in [0, 0.05) is 13.0 Å². The second kappa shape index (κ2) is 12.1. The molecule has 0 spiro atoms. The van der Waals surface area contributed by atoms with Crippen molar-refractivity contribution < 1.29 is 29.1 Å². The van der Waals surface area contributed by atoms with Gasteiger partial charge >= 0.3 is 5.97 Å². The van der Waals surface area contributed by atoms with E-state index in [-0.39, 0.29) is 6.42 Å². The van der Waals surface area contributed by atoms with E-state index < -0.39 is 59.8 Å². The van der Waals surface area contributed by atoms with E-state index in [2.05, 4.69) is 16.0 Å². The molecule has 0 saturated carbocycles. The summed E-state index contributed by atoms with van der Waals surface area (Å²) in [5.41, 5.74) is 6.24. The van der Waals surface area contributed by atoms with Gasteiger partial charge in [0.05, 0.1) is 6.04 Å². The second-order valence-corrected chi connectivity index (χ2v) is 8.53. The Morgan fingerprint density at radius 2 is 1.62 bits per heavy atom. The Morgan fingerprint density at radius 3 is 2.21 bits per heavy atom. The standard InChI is InChI=1S/C23H33N5O6/c1-13(24)19(29)25-14(2)20(30)26-15(3)22(32)28-11-7-10-18(28)21(31)27-17(23(33)34)12-16-8-5-4-6-9-16/h4-6,8-9,13-15,17-18H,7,10-12,24H2,1-3H3,(H,25,29)(H,26,30)(H,27,31)(H,33,34). The lowest BCUT2D eigenvalue weighted by atomic mass is 10.1. The molecule has 1 fully saturated rings. The number of amides is 4. The molecule has 11 nitrogen and oxygen atoms in total. The third-order valence-electron chi connectivity index (χ3n) is 5.63. The van der Waals surface area contributed by atoms with Crippen LogP contribution in [0.3, 0.4) is 0 Å². The number of hydrogen-bond acceptors (Lipinski definition) is 6. The van der Waals surface area contributed by atoms with Crippen LogP contribution in [0.4, 0.5) is 0 Å². The minimum atomic E-state index is -1.17. The average molecular weight is 476 g/mol. The van der Waals surface area contributed by atoms with Gasteiger partial charge in [0.15, 0.2) is 0 Å². The first-order valence-corrected chi connectivity index (χ1v) is 11.2. The first-order valence-electron chi connectivity index (χ1n) is 11.2. The predicted octanol–water partition coefficient (Wildman–Crippen LogP) is -0.854. The maximum Gasteiger partial charge on any atom is 0.326 e. The van der Waals surface area contributed by atoms with Crippen molar-refractivity contribution in [1.29, 1.82) is 0 Å². The summed E-state index contributed by atoms with van der Waals surface area (Å²) in [4.78, 5) is 62.9. The smallest absolute Gasteiger partial charge is 0.326 e. The summed E-state index contributed by atoms with van der Waals surface area (Å²) in [6, 6.07) is 4.32. The van der Waals surface area contributed by atoms with Crippen molar-refractivity contribution in [3.63, 3.8) is 0 Å². The van der Waals surface area contributed by atoms with Crippen LogP contribution in [0.1, 0.15) is 39.2 Å². The zero-order chi connectivity index (χ0) is 25.4. The fourth-order valence-electron chi connectivity index (χ4n) is 3.68. The van der Waals surface area contributed by atoms with Crippen LogP contribution in [0.25, 0.3) is 0 Å². The Kier molecular flexibility index (Phi) is 9.55. The van der Waals surface area contributed by atoms with Crippen molar-refractivity contribution >= 4 is 29.6 Å². The van der Waals surface area contributed by atoms with Gasteiger partial charge in [0.25, 0.3) is 0 Å². The quantitative estimate of drug-likeness (QED) is 0.293.